The third-order valence-electron chi connectivity index (χ3n) is 2.28. The molecule has 0 saturated heterocycles. The first-order chi connectivity index (χ1) is 8.16. The van der Waals surface area contributed by atoms with Crippen LogP contribution in [0.4, 0.5) is 0 Å². The molecule has 1 heterocycles. The maximum Gasteiger partial charge on any atom is 1.00 e. The van der Waals surface area contributed by atoms with Crippen LogP contribution in [0.2, 0.25) is 0 Å². The number of rotatable bonds is 4. The summed E-state index contributed by atoms with van der Waals surface area (Å²) in [7, 11) is 0. The predicted molar refractivity (Wildman–Crippen MR) is 80.5 cm³/mol. The number of hydrogen-bond donors (Lipinski definition) is 2. The molecular formula is C11H10I2N3NaO. The zero-order valence-corrected chi connectivity index (χ0v) is 16.2. The van der Waals surface area contributed by atoms with Gasteiger partial charge in [0.1, 0.15) is 0 Å². The Labute approximate surface area is 155 Å². The molecule has 0 aliphatic carbocycles. The Hall–Kier alpha value is 0.650. The topological polar surface area (TPSA) is 63.8 Å². The maximum atomic E-state index is 11.8. The third kappa shape index (κ3) is 4.64. The summed E-state index contributed by atoms with van der Waals surface area (Å²) < 4.78 is 1.86. The van der Waals surface area contributed by atoms with E-state index >= 15 is 0 Å². The van der Waals surface area contributed by atoms with Crippen LogP contribution in [0.25, 0.3) is 0 Å². The van der Waals surface area contributed by atoms with Gasteiger partial charge in [-0.25, -0.2) is 0 Å². The Kier molecular flexibility index (Phi) is 7.47. The van der Waals surface area contributed by atoms with Gasteiger partial charge in [-0.15, -0.1) is 0 Å². The average molecular weight is 477 g/mol. The smallest absolute Gasteiger partial charge is 0.872 e. The monoisotopic (exact) mass is 477 g/mol. The minimum Gasteiger partial charge on any atom is -0.872 e. The molecule has 2 N–H and O–H groups in total. The summed E-state index contributed by atoms with van der Waals surface area (Å²) >= 11 is 4.30. The van der Waals surface area contributed by atoms with Crippen LogP contribution >= 0.6 is 45.2 Å². The zero-order chi connectivity index (χ0) is 12.3. The van der Waals surface area contributed by atoms with Crippen molar-refractivity contribution in [1.82, 2.24) is 15.5 Å². The number of aromatic nitrogens is 2. The number of benzene rings is 1. The van der Waals surface area contributed by atoms with Gasteiger partial charge in [0.2, 0.25) is 0 Å². The molecule has 7 heteroatoms. The first-order valence-corrected chi connectivity index (χ1v) is 7.16. The molecule has 0 fully saturated rings. The maximum absolute atomic E-state index is 11.8. The van der Waals surface area contributed by atoms with Gasteiger partial charge in [-0.1, -0.05) is 5.75 Å². The fraction of sp³-hybridized carbons (Fsp3) is 0.182. The van der Waals surface area contributed by atoms with Crippen molar-refractivity contribution in [1.29, 1.82) is 0 Å². The second kappa shape index (κ2) is 8.05. The van der Waals surface area contributed by atoms with Gasteiger partial charge >= 0.3 is 29.6 Å². The molecule has 0 atom stereocenters. The summed E-state index contributed by atoms with van der Waals surface area (Å²) in [6, 6.07) is 3.82. The normalized spacial score (nSPS) is 10.1. The van der Waals surface area contributed by atoms with Gasteiger partial charge < -0.3 is 10.4 Å². The van der Waals surface area contributed by atoms with Crippen LogP contribution in [-0.2, 0) is 13.1 Å². The minimum atomic E-state index is 0. The standard InChI is InChI=1S/C11H11I2N3O.Na/c12-9-1-8(11(17)10(13)2-9)6-14-3-7-4-15-16-5-7;/h1-2,4-5,14,17H,3,6H2,(H,15,16);/q;+1/p-1. The minimum absolute atomic E-state index is 0. The van der Waals surface area contributed by atoms with Crippen molar-refractivity contribution in [2.45, 2.75) is 13.1 Å². The van der Waals surface area contributed by atoms with Gasteiger partial charge in [-0.2, -0.15) is 5.10 Å². The number of aromatic amines is 1. The van der Waals surface area contributed by atoms with E-state index in [4.69, 9.17) is 0 Å². The molecule has 2 rings (SSSR count). The molecule has 0 aliphatic heterocycles. The summed E-state index contributed by atoms with van der Waals surface area (Å²) in [6.45, 7) is 1.29. The fourth-order valence-corrected chi connectivity index (χ4v) is 3.43. The predicted octanol–water partition coefficient (Wildman–Crippen LogP) is -1.01. The van der Waals surface area contributed by atoms with Gasteiger partial charge in [0.15, 0.2) is 0 Å². The summed E-state index contributed by atoms with van der Waals surface area (Å²) in [6.07, 6.45) is 3.60. The Bertz CT molecular complexity index is 505. The summed E-state index contributed by atoms with van der Waals surface area (Å²) in [4.78, 5) is 0. The number of nitrogens with zero attached hydrogens (tertiary/aromatic N) is 1. The Morgan fingerprint density at radius 1 is 1.28 bits per heavy atom. The van der Waals surface area contributed by atoms with E-state index in [0.717, 1.165) is 18.3 Å². The van der Waals surface area contributed by atoms with E-state index in [2.05, 4.69) is 60.7 Å². The van der Waals surface area contributed by atoms with Gasteiger partial charge in [0.25, 0.3) is 0 Å². The second-order valence-electron chi connectivity index (χ2n) is 3.59. The first kappa shape index (κ1) is 16.7. The number of hydrogen-bond acceptors (Lipinski definition) is 3. The molecule has 0 amide bonds. The van der Waals surface area contributed by atoms with E-state index in [0.29, 0.717) is 13.1 Å². The van der Waals surface area contributed by atoms with Crippen molar-refractivity contribution in [3.05, 3.63) is 42.8 Å². The molecule has 0 bridgehead atoms. The van der Waals surface area contributed by atoms with Gasteiger partial charge in [0.05, 0.1) is 6.20 Å². The van der Waals surface area contributed by atoms with Crippen molar-refractivity contribution >= 4 is 45.2 Å². The average Bonchev–Trinajstić information content (AvgIpc) is 2.78. The van der Waals surface area contributed by atoms with Crippen LogP contribution in [0, 0.1) is 7.14 Å². The van der Waals surface area contributed by atoms with Crippen LogP contribution in [0.15, 0.2) is 24.5 Å². The molecular weight excluding hydrogens is 467 g/mol. The molecule has 18 heavy (non-hydrogen) atoms. The Balaban J connectivity index is 0.00000162. The molecule has 4 nitrogen and oxygen atoms in total. The molecule has 1 aromatic carbocycles. The molecule has 2 aromatic rings. The summed E-state index contributed by atoms with van der Waals surface area (Å²) in [5.41, 5.74) is 1.89. The Morgan fingerprint density at radius 2 is 2.06 bits per heavy atom. The largest absolute Gasteiger partial charge is 1.00 e. The second-order valence-corrected chi connectivity index (χ2v) is 5.99. The fourth-order valence-electron chi connectivity index (χ4n) is 1.46. The van der Waals surface area contributed by atoms with E-state index in [-0.39, 0.29) is 35.3 Å². The van der Waals surface area contributed by atoms with Crippen LogP contribution in [0.3, 0.4) is 0 Å². The van der Waals surface area contributed by atoms with Crippen molar-refractivity contribution < 1.29 is 34.7 Å². The van der Waals surface area contributed by atoms with Crippen molar-refractivity contribution in [3.8, 4) is 5.75 Å². The van der Waals surface area contributed by atoms with Crippen molar-refractivity contribution in [2.75, 3.05) is 0 Å². The van der Waals surface area contributed by atoms with E-state index in [1.165, 1.54) is 0 Å². The Morgan fingerprint density at radius 3 is 2.72 bits per heavy atom. The molecule has 1 aromatic heterocycles. The molecule has 0 radical (unpaired) electrons. The summed E-state index contributed by atoms with van der Waals surface area (Å²) in [5.74, 6) is 0.116. The van der Waals surface area contributed by atoms with Crippen molar-refractivity contribution in [2.24, 2.45) is 0 Å². The SMILES string of the molecule is [Na+].[O-]c1c(I)cc(I)cc1CNCc1cn[nH]c1. The van der Waals surface area contributed by atoms with Crippen LogP contribution in [0.1, 0.15) is 11.1 Å². The van der Waals surface area contributed by atoms with Crippen molar-refractivity contribution in [3.63, 3.8) is 0 Å². The molecule has 90 valence electrons. The zero-order valence-electron chi connectivity index (χ0n) is 9.84. The van der Waals surface area contributed by atoms with E-state index < -0.39 is 0 Å². The molecule has 0 aliphatic rings. The van der Waals surface area contributed by atoms with Gasteiger partial charge in [-0.3, -0.25) is 5.10 Å². The van der Waals surface area contributed by atoms with E-state index in [1.54, 1.807) is 6.20 Å². The third-order valence-corrected chi connectivity index (χ3v) is 3.71. The quantitative estimate of drug-likeness (QED) is 0.439. The summed E-state index contributed by atoms with van der Waals surface area (Å²) in [5, 5.41) is 21.7. The molecule has 0 unspecified atom stereocenters. The van der Waals surface area contributed by atoms with Crippen LogP contribution in [0.5, 0.6) is 5.75 Å². The number of nitrogens with one attached hydrogen (secondary N) is 2. The molecule has 0 spiro atoms. The number of H-pyrrole nitrogens is 1. The number of halogens is 2. The first-order valence-electron chi connectivity index (χ1n) is 5.00. The van der Waals surface area contributed by atoms with Crippen LogP contribution in [-0.4, -0.2) is 10.2 Å². The van der Waals surface area contributed by atoms with Gasteiger partial charge in [-0.05, 0) is 62.9 Å². The van der Waals surface area contributed by atoms with Crippen LogP contribution < -0.4 is 40.0 Å². The molecule has 0 saturated carbocycles. The van der Waals surface area contributed by atoms with Gasteiger partial charge in [0, 0.05) is 32.0 Å². The van der Waals surface area contributed by atoms with E-state index in [1.807, 2.05) is 18.3 Å². The van der Waals surface area contributed by atoms with E-state index in [9.17, 15) is 5.11 Å².